The Balaban J connectivity index is 2.35. The van der Waals surface area contributed by atoms with Crippen molar-refractivity contribution in [1.82, 2.24) is 0 Å². The van der Waals surface area contributed by atoms with Crippen LogP contribution < -0.4 is 4.31 Å². The lowest BCUT2D eigenvalue weighted by molar-refractivity contribution is -0.135. The molecule has 0 spiro atoms. The second-order valence-electron chi connectivity index (χ2n) is 3.98. The molecule has 0 heterocycles. The Morgan fingerprint density at radius 2 is 1.88 bits per heavy atom. The molecular weight excluding hydrogens is 242 g/mol. The van der Waals surface area contributed by atoms with E-state index in [9.17, 15) is 13.2 Å². The van der Waals surface area contributed by atoms with Crippen LogP contribution >= 0.6 is 0 Å². The van der Waals surface area contributed by atoms with Crippen LogP contribution in [0, 0.1) is 0 Å². The molecule has 1 aliphatic rings. The molecule has 17 heavy (non-hydrogen) atoms. The summed E-state index contributed by atoms with van der Waals surface area (Å²) in [6.07, 6.45) is 1.23. The van der Waals surface area contributed by atoms with E-state index in [0.717, 1.165) is 4.31 Å². The zero-order valence-electron chi connectivity index (χ0n) is 9.11. The van der Waals surface area contributed by atoms with Crippen molar-refractivity contribution in [3.8, 4) is 0 Å². The Kier molecular flexibility index (Phi) is 3.06. The van der Waals surface area contributed by atoms with Gasteiger partial charge in [0.2, 0.25) is 10.0 Å². The van der Waals surface area contributed by atoms with Crippen molar-refractivity contribution < 1.29 is 18.3 Å². The molecule has 1 N–H and O–H groups in total. The van der Waals surface area contributed by atoms with E-state index in [-0.39, 0.29) is 0 Å². The number of sulfonamides is 1. The predicted molar refractivity (Wildman–Crippen MR) is 63.4 cm³/mol. The highest BCUT2D eigenvalue weighted by Gasteiger charge is 2.40. The maximum absolute atomic E-state index is 12.1. The molecule has 5 nitrogen and oxygen atoms in total. The number of benzene rings is 1. The summed E-state index contributed by atoms with van der Waals surface area (Å²) in [5.74, 6) is -1.15. The van der Waals surface area contributed by atoms with Gasteiger partial charge in [-0.2, -0.15) is 0 Å². The summed E-state index contributed by atoms with van der Waals surface area (Å²) in [5, 5.41) is 8.39. The van der Waals surface area contributed by atoms with Gasteiger partial charge in [-0.15, -0.1) is 0 Å². The highest BCUT2D eigenvalue weighted by molar-refractivity contribution is 7.93. The molecule has 0 aliphatic heterocycles. The van der Waals surface area contributed by atoms with Gasteiger partial charge in [0.15, 0.2) is 0 Å². The van der Waals surface area contributed by atoms with Gasteiger partial charge in [0, 0.05) is 0 Å². The van der Waals surface area contributed by atoms with Crippen LogP contribution in [0.15, 0.2) is 30.3 Å². The first-order valence-corrected chi connectivity index (χ1v) is 6.80. The summed E-state index contributed by atoms with van der Waals surface area (Å²) in [6, 6.07) is 8.33. The number of carbonyl (C=O) groups is 1. The molecule has 0 unspecified atom stereocenters. The predicted octanol–water partition coefficient (Wildman–Crippen LogP) is 1.07. The van der Waals surface area contributed by atoms with E-state index in [4.69, 9.17) is 5.11 Å². The van der Waals surface area contributed by atoms with Crippen LogP contribution in [0.2, 0.25) is 0 Å². The van der Waals surface area contributed by atoms with Crippen molar-refractivity contribution >= 4 is 21.7 Å². The molecule has 0 aromatic heterocycles. The lowest BCUT2D eigenvalue weighted by Gasteiger charge is -2.22. The standard InChI is InChI=1S/C11H13NO4S/c13-11(14)8-12(9-4-2-1-3-5-9)17(15,16)10-6-7-10/h1-5,10H,6-8H2,(H,13,14). The summed E-state index contributed by atoms with van der Waals surface area (Å²) in [6.45, 7) is -0.525. The third-order valence-corrected chi connectivity index (χ3v) is 4.84. The first kappa shape index (κ1) is 11.9. The maximum atomic E-state index is 12.1. The Morgan fingerprint density at radius 1 is 1.29 bits per heavy atom. The average Bonchev–Trinajstić information content (AvgIpc) is 3.10. The minimum Gasteiger partial charge on any atom is -0.480 e. The smallest absolute Gasteiger partial charge is 0.324 e. The summed E-state index contributed by atoms with van der Waals surface area (Å²) in [5.41, 5.74) is 0.404. The Hall–Kier alpha value is -1.56. The Bertz CT molecular complexity index is 508. The van der Waals surface area contributed by atoms with Crippen LogP contribution in [0.5, 0.6) is 0 Å². The van der Waals surface area contributed by atoms with Gasteiger partial charge in [-0.3, -0.25) is 9.10 Å². The summed E-state index contributed by atoms with van der Waals surface area (Å²) >= 11 is 0. The number of para-hydroxylation sites is 1. The fourth-order valence-electron chi connectivity index (χ4n) is 1.59. The van der Waals surface area contributed by atoms with E-state index in [1.807, 2.05) is 0 Å². The SMILES string of the molecule is O=C(O)CN(c1ccccc1)S(=O)(=O)C1CC1. The van der Waals surface area contributed by atoms with Gasteiger partial charge in [0.25, 0.3) is 0 Å². The maximum Gasteiger partial charge on any atom is 0.324 e. The fourth-order valence-corrected chi connectivity index (χ4v) is 3.39. The molecule has 1 fully saturated rings. The molecule has 0 bridgehead atoms. The van der Waals surface area contributed by atoms with E-state index in [1.165, 1.54) is 0 Å². The first-order chi connectivity index (χ1) is 8.01. The Morgan fingerprint density at radius 3 is 2.35 bits per heavy atom. The molecule has 1 aromatic carbocycles. The largest absolute Gasteiger partial charge is 0.480 e. The quantitative estimate of drug-likeness (QED) is 0.854. The van der Waals surface area contributed by atoms with Crippen LogP contribution in [0.3, 0.4) is 0 Å². The van der Waals surface area contributed by atoms with Crippen LogP contribution in [-0.4, -0.2) is 31.3 Å². The fraction of sp³-hybridized carbons (Fsp3) is 0.364. The van der Waals surface area contributed by atoms with Crippen molar-refractivity contribution in [2.75, 3.05) is 10.8 Å². The van der Waals surface area contributed by atoms with Crippen molar-refractivity contribution in [2.24, 2.45) is 0 Å². The van der Waals surface area contributed by atoms with Gasteiger partial charge < -0.3 is 5.11 Å². The molecule has 92 valence electrons. The number of carboxylic acid groups (broad SMARTS) is 1. The number of aliphatic carboxylic acids is 1. The van der Waals surface area contributed by atoms with Gasteiger partial charge in [0.05, 0.1) is 10.9 Å². The van der Waals surface area contributed by atoms with Crippen LogP contribution in [-0.2, 0) is 14.8 Å². The number of hydrogen-bond acceptors (Lipinski definition) is 3. The number of rotatable bonds is 5. The van der Waals surface area contributed by atoms with Gasteiger partial charge >= 0.3 is 5.97 Å². The second-order valence-corrected chi connectivity index (χ2v) is 6.12. The summed E-state index contributed by atoms with van der Waals surface area (Å²) in [4.78, 5) is 10.8. The van der Waals surface area contributed by atoms with E-state index < -0.39 is 27.8 Å². The molecule has 6 heteroatoms. The lowest BCUT2D eigenvalue weighted by Crippen LogP contribution is -2.37. The Labute approximate surface area is 99.7 Å². The molecule has 2 rings (SSSR count). The summed E-state index contributed by atoms with van der Waals surface area (Å²) < 4.78 is 25.2. The highest BCUT2D eigenvalue weighted by atomic mass is 32.2. The molecule has 1 aromatic rings. The van der Waals surface area contributed by atoms with Gasteiger partial charge in [0.1, 0.15) is 6.54 Å². The van der Waals surface area contributed by atoms with E-state index >= 15 is 0 Å². The molecule has 0 saturated heterocycles. The normalized spacial score (nSPS) is 15.5. The minimum absolute atomic E-state index is 0.404. The van der Waals surface area contributed by atoms with Gasteiger partial charge in [-0.25, -0.2) is 8.42 Å². The van der Waals surface area contributed by atoms with Crippen LogP contribution in [0.25, 0.3) is 0 Å². The van der Waals surface area contributed by atoms with Crippen LogP contribution in [0.1, 0.15) is 12.8 Å². The number of carboxylic acids is 1. The van der Waals surface area contributed by atoms with Crippen molar-refractivity contribution in [1.29, 1.82) is 0 Å². The molecular formula is C11H13NO4S. The van der Waals surface area contributed by atoms with Crippen molar-refractivity contribution in [3.05, 3.63) is 30.3 Å². The number of nitrogens with zero attached hydrogens (tertiary/aromatic N) is 1. The lowest BCUT2D eigenvalue weighted by atomic mass is 10.3. The number of anilines is 1. The zero-order valence-corrected chi connectivity index (χ0v) is 9.93. The third kappa shape index (κ3) is 2.58. The van der Waals surface area contributed by atoms with Gasteiger partial charge in [-0.1, -0.05) is 18.2 Å². The topological polar surface area (TPSA) is 74.7 Å². The molecule has 1 aliphatic carbocycles. The van der Waals surface area contributed by atoms with Crippen molar-refractivity contribution in [2.45, 2.75) is 18.1 Å². The first-order valence-electron chi connectivity index (χ1n) is 5.30. The van der Waals surface area contributed by atoms with E-state index in [1.54, 1.807) is 30.3 Å². The average molecular weight is 255 g/mol. The second kappa shape index (κ2) is 4.37. The third-order valence-electron chi connectivity index (χ3n) is 2.58. The van der Waals surface area contributed by atoms with Crippen molar-refractivity contribution in [3.63, 3.8) is 0 Å². The highest BCUT2D eigenvalue weighted by Crippen LogP contribution is 2.33. The van der Waals surface area contributed by atoms with E-state index in [0.29, 0.717) is 18.5 Å². The monoisotopic (exact) mass is 255 g/mol. The molecule has 0 amide bonds. The molecule has 0 radical (unpaired) electrons. The minimum atomic E-state index is -3.52. The number of hydrogen-bond donors (Lipinski definition) is 1. The summed E-state index contributed by atoms with van der Waals surface area (Å²) in [7, 11) is -3.52. The molecule has 1 saturated carbocycles. The van der Waals surface area contributed by atoms with Gasteiger partial charge in [-0.05, 0) is 25.0 Å². The zero-order chi connectivity index (χ0) is 12.5. The van der Waals surface area contributed by atoms with Crippen LogP contribution in [0.4, 0.5) is 5.69 Å². The molecule has 0 atom stereocenters. The van der Waals surface area contributed by atoms with E-state index in [2.05, 4.69) is 0 Å².